The molecule has 2 saturated heterocycles. The van der Waals surface area contributed by atoms with Crippen molar-refractivity contribution in [2.24, 2.45) is 4.99 Å². The Hall–Kier alpha value is -1.75. The first-order valence-electron chi connectivity index (χ1n) is 8.56. The molecule has 3 unspecified atom stereocenters. The molecule has 0 spiro atoms. The minimum atomic E-state index is 0.364. The summed E-state index contributed by atoms with van der Waals surface area (Å²) in [5.41, 5.74) is 1.25. The van der Waals surface area contributed by atoms with E-state index in [2.05, 4.69) is 34.7 Å². The van der Waals surface area contributed by atoms with Crippen molar-refractivity contribution in [3.8, 4) is 5.75 Å². The summed E-state index contributed by atoms with van der Waals surface area (Å²) in [6, 6.07) is 8.56. The Morgan fingerprint density at radius 1 is 1.30 bits per heavy atom. The van der Waals surface area contributed by atoms with Crippen LogP contribution in [0.5, 0.6) is 5.75 Å². The highest BCUT2D eigenvalue weighted by atomic mass is 16.5. The quantitative estimate of drug-likeness (QED) is 0.480. The fraction of sp³-hybridized carbons (Fsp3) is 0.611. The number of hydrogen-bond donors (Lipinski definition) is 2. The number of nitrogens with zero attached hydrogens (tertiary/aromatic N) is 1. The minimum Gasteiger partial charge on any atom is -0.494 e. The molecule has 23 heavy (non-hydrogen) atoms. The molecule has 0 aromatic heterocycles. The maximum atomic E-state index is 5.87. The van der Waals surface area contributed by atoms with E-state index in [9.17, 15) is 0 Å². The van der Waals surface area contributed by atoms with Crippen LogP contribution in [0.25, 0.3) is 0 Å². The lowest BCUT2D eigenvalue weighted by molar-refractivity contribution is 0.0992. The first kappa shape index (κ1) is 16.1. The SMILES string of the molecule is CN=C(NCCCOc1ccc(C)cc1)NC1CC2CCC1O2. The van der Waals surface area contributed by atoms with Gasteiger partial charge >= 0.3 is 0 Å². The first-order chi connectivity index (χ1) is 11.2. The highest BCUT2D eigenvalue weighted by Crippen LogP contribution is 2.34. The van der Waals surface area contributed by atoms with Gasteiger partial charge in [0.25, 0.3) is 0 Å². The van der Waals surface area contributed by atoms with Crippen LogP contribution >= 0.6 is 0 Å². The van der Waals surface area contributed by atoms with Gasteiger partial charge in [-0.15, -0.1) is 0 Å². The van der Waals surface area contributed by atoms with Crippen LogP contribution in [0.1, 0.15) is 31.2 Å². The van der Waals surface area contributed by atoms with Crippen molar-refractivity contribution in [1.82, 2.24) is 10.6 Å². The summed E-state index contributed by atoms with van der Waals surface area (Å²) < 4.78 is 11.6. The summed E-state index contributed by atoms with van der Waals surface area (Å²) in [7, 11) is 1.81. The van der Waals surface area contributed by atoms with Gasteiger partial charge in [-0.25, -0.2) is 0 Å². The zero-order valence-corrected chi connectivity index (χ0v) is 14.0. The standard InChI is InChI=1S/C18H27N3O2/c1-13-4-6-14(7-5-13)22-11-3-10-20-18(19-2)21-16-12-15-8-9-17(16)23-15/h4-7,15-17H,3,8-12H2,1-2H3,(H2,19,20,21). The van der Waals surface area contributed by atoms with E-state index in [4.69, 9.17) is 9.47 Å². The van der Waals surface area contributed by atoms with E-state index in [0.29, 0.717) is 24.9 Å². The summed E-state index contributed by atoms with van der Waals surface area (Å²) in [6.45, 7) is 3.62. The predicted octanol–water partition coefficient (Wildman–Crippen LogP) is 2.25. The summed E-state index contributed by atoms with van der Waals surface area (Å²) >= 11 is 0. The van der Waals surface area contributed by atoms with Crippen molar-refractivity contribution in [3.05, 3.63) is 29.8 Å². The molecule has 2 N–H and O–H groups in total. The Kier molecular flexibility index (Phi) is 5.39. The molecule has 3 rings (SSSR count). The summed E-state index contributed by atoms with van der Waals surface area (Å²) in [5.74, 6) is 1.79. The average Bonchev–Trinajstić information content (AvgIpc) is 3.18. The van der Waals surface area contributed by atoms with Crippen molar-refractivity contribution < 1.29 is 9.47 Å². The Bertz CT molecular complexity index is 530. The number of hydrogen-bond acceptors (Lipinski definition) is 3. The average molecular weight is 317 g/mol. The Labute approximate surface area is 138 Å². The molecule has 5 nitrogen and oxygen atoms in total. The van der Waals surface area contributed by atoms with E-state index in [1.807, 2.05) is 19.2 Å². The van der Waals surface area contributed by atoms with Crippen LogP contribution in [-0.4, -0.2) is 44.4 Å². The number of aryl methyl sites for hydroxylation is 1. The smallest absolute Gasteiger partial charge is 0.191 e. The molecule has 2 bridgehead atoms. The van der Waals surface area contributed by atoms with Crippen LogP contribution in [0.3, 0.4) is 0 Å². The van der Waals surface area contributed by atoms with E-state index in [1.54, 1.807) is 0 Å². The van der Waals surface area contributed by atoms with Crippen LogP contribution in [0, 0.1) is 6.92 Å². The number of nitrogens with one attached hydrogen (secondary N) is 2. The molecule has 0 amide bonds. The molecule has 2 heterocycles. The van der Waals surface area contributed by atoms with E-state index in [-0.39, 0.29) is 0 Å². The van der Waals surface area contributed by atoms with Gasteiger partial charge in [0.1, 0.15) is 5.75 Å². The predicted molar refractivity (Wildman–Crippen MR) is 92.1 cm³/mol. The van der Waals surface area contributed by atoms with E-state index >= 15 is 0 Å². The lowest BCUT2D eigenvalue weighted by atomic mass is 9.96. The lowest BCUT2D eigenvalue weighted by Gasteiger charge is -2.22. The van der Waals surface area contributed by atoms with Crippen LogP contribution in [0.15, 0.2) is 29.3 Å². The second kappa shape index (κ2) is 7.68. The maximum Gasteiger partial charge on any atom is 0.191 e. The van der Waals surface area contributed by atoms with Gasteiger partial charge in [-0.1, -0.05) is 17.7 Å². The molecule has 2 aliphatic rings. The molecule has 2 fully saturated rings. The van der Waals surface area contributed by atoms with Gasteiger partial charge in [0.05, 0.1) is 24.9 Å². The van der Waals surface area contributed by atoms with Crippen molar-refractivity contribution in [1.29, 1.82) is 0 Å². The van der Waals surface area contributed by atoms with Crippen molar-refractivity contribution in [2.75, 3.05) is 20.2 Å². The normalized spacial score (nSPS) is 26.3. The first-order valence-corrected chi connectivity index (χ1v) is 8.56. The second-order valence-corrected chi connectivity index (χ2v) is 6.37. The summed E-state index contributed by atoms with van der Waals surface area (Å²) in [6.07, 6.45) is 5.24. The molecule has 0 radical (unpaired) electrons. The molecule has 0 saturated carbocycles. The zero-order valence-electron chi connectivity index (χ0n) is 14.0. The van der Waals surface area contributed by atoms with Crippen LogP contribution in [0.4, 0.5) is 0 Å². The van der Waals surface area contributed by atoms with Gasteiger partial charge in [-0.05, 0) is 44.7 Å². The van der Waals surface area contributed by atoms with E-state index < -0.39 is 0 Å². The van der Waals surface area contributed by atoms with Gasteiger partial charge in [-0.3, -0.25) is 4.99 Å². The van der Waals surface area contributed by atoms with Gasteiger partial charge in [0, 0.05) is 13.6 Å². The number of aliphatic imine (C=N–C) groups is 1. The second-order valence-electron chi connectivity index (χ2n) is 6.37. The number of benzene rings is 1. The fourth-order valence-electron chi connectivity index (χ4n) is 3.26. The molecule has 2 aliphatic heterocycles. The van der Waals surface area contributed by atoms with Crippen LogP contribution in [0.2, 0.25) is 0 Å². The third-order valence-electron chi connectivity index (χ3n) is 4.56. The Morgan fingerprint density at radius 3 is 2.78 bits per heavy atom. The van der Waals surface area contributed by atoms with E-state index in [1.165, 1.54) is 18.4 Å². The largest absolute Gasteiger partial charge is 0.494 e. The molecular formula is C18H27N3O2. The van der Waals surface area contributed by atoms with Gasteiger partial charge in [0.15, 0.2) is 5.96 Å². The van der Waals surface area contributed by atoms with Crippen LogP contribution < -0.4 is 15.4 Å². The number of ether oxygens (including phenoxy) is 2. The molecule has 3 atom stereocenters. The number of guanidine groups is 1. The van der Waals surface area contributed by atoms with Gasteiger partial charge in [0.2, 0.25) is 0 Å². The Balaban J connectivity index is 1.32. The highest BCUT2D eigenvalue weighted by Gasteiger charge is 2.41. The Morgan fingerprint density at radius 2 is 2.13 bits per heavy atom. The van der Waals surface area contributed by atoms with Crippen LogP contribution in [-0.2, 0) is 4.74 Å². The topological polar surface area (TPSA) is 54.9 Å². The maximum absolute atomic E-state index is 5.87. The number of fused-ring (bicyclic) bond motifs is 2. The summed E-state index contributed by atoms with van der Waals surface area (Å²) in [4.78, 5) is 4.30. The third-order valence-corrected chi connectivity index (χ3v) is 4.56. The minimum absolute atomic E-state index is 0.364. The van der Waals surface area contributed by atoms with Gasteiger partial charge in [-0.2, -0.15) is 0 Å². The van der Waals surface area contributed by atoms with E-state index in [0.717, 1.165) is 31.1 Å². The third kappa shape index (κ3) is 4.38. The van der Waals surface area contributed by atoms with Crippen molar-refractivity contribution in [2.45, 2.75) is 50.9 Å². The molecule has 0 aliphatic carbocycles. The van der Waals surface area contributed by atoms with Crippen molar-refractivity contribution in [3.63, 3.8) is 0 Å². The fourth-order valence-corrected chi connectivity index (χ4v) is 3.26. The monoisotopic (exact) mass is 317 g/mol. The van der Waals surface area contributed by atoms with Crippen molar-refractivity contribution >= 4 is 5.96 Å². The lowest BCUT2D eigenvalue weighted by Crippen LogP contribution is -2.47. The molecule has 5 heteroatoms. The molecule has 1 aromatic rings. The number of rotatable bonds is 6. The summed E-state index contributed by atoms with van der Waals surface area (Å²) in [5, 5.41) is 6.84. The molecule has 126 valence electrons. The molecule has 1 aromatic carbocycles. The van der Waals surface area contributed by atoms with Gasteiger partial charge < -0.3 is 20.1 Å². The molecular weight excluding hydrogens is 290 g/mol. The highest BCUT2D eigenvalue weighted by molar-refractivity contribution is 5.80. The zero-order chi connectivity index (χ0) is 16.1.